The number of hydrogen-bond acceptors (Lipinski definition) is 2. The summed E-state index contributed by atoms with van der Waals surface area (Å²) < 4.78 is 37.4. The molecule has 1 N–H and O–H groups in total. The molecule has 0 bridgehead atoms. The third kappa shape index (κ3) is 4.56. The van der Waals surface area contributed by atoms with Crippen LogP contribution in [0.15, 0.2) is 42.6 Å². The molecular weight excluding hydrogens is 279 g/mol. The number of aliphatic hydroxyl groups is 1. The molecule has 0 aliphatic heterocycles. The number of aliphatic hydroxyl groups excluding tert-OH is 1. The molecule has 0 amide bonds. The maximum absolute atomic E-state index is 12.5. The van der Waals surface area contributed by atoms with Gasteiger partial charge in [0.2, 0.25) is 0 Å². The molecule has 5 heteroatoms. The molecule has 21 heavy (non-hydrogen) atoms. The van der Waals surface area contributed by atoms with Crippen molar-refractivity contribution in [3.8, 4) is 0 Å². The zero-order valence-electron chi connectivity index (χ0n) is 11.6. The lowest BCUT2D eigenvalue weighted by molar-refractivity contribution is -0.137. The summed E-state index contributed by atoms with van der Waals surface area (Å²) in [5, 5.41) is 9.27. The van der Waals surface area contributed by atoms with Crippen LogP contribution in [-0.2, 0) is 19.0 Å². The molecule has 0 fully saturated rings. The highest BCUT2D eigenvalue weighted by molar-refractivity contribution is 5.29. The Morgan fingerprint density at radius 3 is 2.14 bits per heavy atom. The highest BCUT2D eigenvalue weighted by atomic mass is 19.4. The Labute approximate surface area is 121 Å². The Balaban J connectivity index is 2.04. The van der Waals surface area contributed by atoms with Crippen molar-refractivity contribution in [2.45, 2.75) is 32.0 Å². The van der Waals surface area contributed by atoms with Crippen LogP contribution >= 0.6 is 0 Å². The molecule has 0 saturated heterocycles. The predicted molar refractivity (Wildman–Crippen MR) is 73.9 cm³/mol. The molecule has 0 radical (unpaired) electrons. The van der Waals surface area contributed by atoms with Crippen LogP contribution in [0.1, 0.15) is 29.3 Å². The number of pyridine rings is 1. The second-order valence-corrected chi connectivity index (χ2v) is 5.08. The van der Waals surface area contributed by atoms with Crippen LogP contribution in [0.25, 0.3) is 0 Å². The Morgan fingerprint density at radius 2 is 1.67 bits per heavy atom. The average molecular weight is 295 g/mol. The van der Waals surface area contributed by atoms with E-state index in [0.29, 0.717) is 12.8 Å². The van der Waals surface area contributed by atoms with Crippen molar-refractivity contribution in [1.82, 2.24) is 4.98 Å². The second kappa shape index (κ2) is 6.26. The minimum Gasteiger partial charge on any atom is -0.393 e. The number of hydrogen-bond donors (Lipinski definition) is 1. The molecule has 1 atom stereocenters. The van der Waals surface area contributed by atoms with Gasteiger partial charge in [0.05, 0.1) is 11.7 Å². The zero-order chi connectivity index (χ0) is 15.5. The van der Waals surface area contributed by atoms with Gasteiger partial charge in [-0.2, -0.15) is 13.2 Å². The normalized spacial score (nSPS) is 13.2. The van der Waals surface area contributed by atoms with Crippen LogP contribution in [0.2, 0.25) is 0 Å². The van der Waals surface area contributed by atoms with Gasteiger partial charge in [-0.25, -0.2) is 0 Å². The van der Waals surface area contributed by atoms with Crippen LogP contribution in [0.3, 0.4) is 0 Å². The monoisotopic (exact) mass is 295 g/mol. The summed E-state index contributed by atoms with van der Waals surface area (Å²) in [7, 11) is 0. The largest absolute Gasteiger partial charge is 0.416 e. The Kier molecular flexibility index (Phi) is 4.63. The lowest BCUT2D eigenvalue weighted by Crippen LogP contribution is -2.06. The van der Waals surface area contributed by atoms with Gasteiger partial charge in [-0.15, -0.1) is 0 Å². The summed E-state index contributed by atoms with van der Waals surface area (Å²) in [5.41, 5.74) is 1.87. The molecule has 0 saturated carbocycles. The minimum atomic E-state index is -4.30. The topological polar surface area (TPSA) is 33.1 Å². The fourth-order valence-electron chi connectivity index (χ4n) is 2.03. The standard InChI is InChI=1S/C16H16F3NO/c1-11(21)8-15-7-4-13(10-20-15)9-12-2-5-14(6-3-12)16(17,18)19/h2-7,10-11,21H,8-9H2,1H3. The van der Waals surface area contributed by atoms with Gasteiger partial charge in [-0.3, -0.25) is 4.98 Å². The Hall–Kier alpha value is -1.88. The molecule has 112 valence electrons. The highest BCUT2D eigenvalue weighted by Gasteiger charge is 2.29. The van der Waals surface area contributed by atoms with Crippen molar-refractivity contribution in [2.75, 3.05) is 0 Å². The predicted octanol–water partition coefficient (Wildman–Crippen LogP) is 3.61. The van der Waals surface area contributed by atoms with Crippen LogP contribution in [0.5, 0.6) is 0 Å². The maximum Gasteiger partial charge on any atom is 0.416 e. The van der Waals surface area contributed by atoms with Gasteiger partial charge in [0, 0.05) is 18.3 Å². The first-order valence-electron chi connectivity index (χ1n) is 6.62. The van der Waals surface area contributed by atoms with E-state index in [1.165, 1.54) is 12.1 Å². The fourth-order valence-corrected chi connectivity index (χ4v) is 2.03. The third-order valence-electron chi connectivity index (χ3n) is 3.08. The van der Waals surface area contributed by atoms with Gasteiger partial charge in [0.1, 0.15) is 0 Å². The van der Waals surface area contributed by atoms with E-state index < -0.39 is 17.8 Å². The first-order chi connectivity index (χ1) is 9.84. The van der Waals surface area contributed by atoms with Gasteiger partial charge in [0.15, 0.2) is 0 Å². The molecule has 0 spiro atoms. The van der Waals surface area contributed by atoms with E-state index in [2.05, 4.69) is 4.98 Å². The number of alkyl halides is 3. The van der Waals surface area contributed by atoms with Gasteiger partial charge in [-0.05, 0) is 42.7 Å². The Morgan fingerprint density at radius 1 is 1.05 bits per heavy atom. The van der Waals surface area contributed by atoms with Gasteiger partial charge in [-0.1, -0.05) is 18.2 Å². The van der Waals surface area contributed by atoms with Crippen molar-refractivity contribution in [1.29, 1.82) is 0 Å². The number of rotatable bonds is 4. The summed E-state index contributed by atoms with van der Waals surface area (Å²) in [6.45, 7) is 1.69. The summed E-state index contributed by atoms with van der Waals surface area (Å²) in [5.74, 6) is 0. The summed E-state index contributed by atoms with van der Waals surface area (Å²) in [6.07, 6.45) is -2.04. The number of nitrogens with zero attached hydrogens (tertiary/aromatic N) is 1. The molecule has 1 aromatic carbocycles. The van der Waals surface area contributed by atoms with E-state index in [1.54, 1.807) is 13.1 Å². The van der Waals surface area contributed by atoms with E-state index in [4.69, 9.17) is 0 Å². The van der Waals surface area contributed by atoms with E-state index in [0.717, 1.165) is 29.0 Å². The van der Waals surface area contributed by atoms with Gasteiger partial charge >= 0.3 is 6.18 Å². The molecule has 1 aromatic heterocycles. The van der Waals surface area contributed by atoms with Crippen molar-refractivity contribution in [2.24, 2.45) is 0 Å². The average Bonchev–Trinajstić information content (AvgIpc) is 2.40. The van der Waals surface area contributed by atoms with Gasteiger partial charge in [0.25, 0.3) is 0 Å². The number of benzene rings is 1. The van der Waals surface area contributed by atoms with Crippen molar-refractivity contribution < 1.29 is 18.3 Å². The molecule has 1 unspecified atom stereocenters. The first kappa shape index (κ1) is 15.5. The Bertz CT molecular complexity index is 574. The number of aromatic nitrogens is 1. The quantitative estimate of drug-likeness (QED) is 0.934. The molecule has 0 aliphatic carbocycles. The summed E-state index contributed by atoms with van der Waals surface area (Å²) in [4.78, 5) is 4.23. The van der Waals surface area contributed by atoms with Crippen molar-refractivity contribution in [3.05, 3.63) is 65.0 Å². The molecule has 0 aliphatic rings. The molecule has 2 aromatic rings. The van der Waals surface area contributed by atoms with Crippen LogP contribution in [0, 0.1) is 0 Å². The van der Waals surface area contributed by atoms with Gasteiger partial charge < -0.3 is 5.11 Å². The van der Waals surface area contributed by atoms with E-state index in [1.807, 2.05) is 12.1 Å². The number of halogens is 3. The first-order valence-corrected chi connectivity index (χ1v) is 6.62. The van der Waals surface area contributed by atoms with Crippen LogP contribution in [-0.4, -0.2) is 16.2 Å². The molecule has 2 rings (SSSR count). The van der Waals surface area contributed by atoms with E-state index >= 15 is 0 Å². The van der Waals surface area contributed by atoms with Crippen LogP contribution in [0.4, 0.5) is 13.2 Å². The lowest BCUT2D eigenvalue weighted by atomic mass is 10.0. The molecule has 1 heterocycles. The van der Waals surface area contributed by atoms with E-state index in [-0.39, 0.29) is 0 Å². The van der Waals surface area contributed by atoms with Crippen molar-refractivity contribution in [3.63, 3.8) is 0 Å². The summed E-state index contributed by atoms with van der Waals surface area (Å²) in [6, 6.07) is 8.84. The third-order valence-corrected chi connectivity index (χ3v) is 3.08. The zero-order valence-corrected chi connectivity index (χ0v) is 11.6. The van der Waals surface area contributed by atoms with Crippen molar-refractivity contribution >= 4 is 0 Å². The molecular formula is C16H16F3NO. The SMILES string of the molecule is CC(O)Cc1ccc(Cc2ccc(C(F)(F)F)cc2)cn1. The smallest absolute Gasteiger partial charge is 0.393 e. The highest BCUT2D eigenvalue weighted by Crippen LogP contribution is 2.29. The molecule has 2 nitrogen and oxygen atoms in total. The minimum absolute atomic E-state index is 0.446. The maximum atomic E-state index is 12.5. The lowest BCUT2D eigenvalue weighted by Gasteiger charge is -2.08. The second-order valence-electron chi connectivity index (χ2n) is 5.08. The summed E-state index contributed by atoms with van der Waals surface area (Å²) >= 11 is 0. The van der Waals surface area contributed by atoms with E-state index in [9.17, 15) is 18.3 Å². The van der Waals surface area contributed by atoms with Crippen LogP contribution < -0.4 is 0 Å². The fraction of sp³-hybridized carbons (Fsp3) is 0.312.